The molecule has 0 fully saturated rings. The van der Waals surface area contributed by atoms with E-state index in [0.717, 1.165) is 12.1 Å². The first-order valence-corrected chi connectivity index (χ1v) is 4.23. The summed E-state index contributed by atoms with van der Waals surface area (Å²) >= 11 is 5.51. The molecule has 1 aromatic carbocycles. The van der Waals surface area contributed by atoms with Crippen molar-refractivity contribution < 1.29 is 22.7 Å². The summed E-state index contributed by atoms with van der Waals surface area (Å²) in [5.74, 6) is -1.69. The zero-order valence-corrected chi connectivity index (χ0v) is 8.39. The van der Waals surface area contributed by atoms with Gasteiger partial charge in [-0.25, -0.2) is 0 Å². The first kappa shape index (κ1) is 12.4. The predicted octanol–water partition coefficient (Wildman–Crippen LogP) is 1.92. The zero-order valence-electron chi connectivity index (χ0n) is 7.64. The molecule has 4 N–H and O–H groups in total. The SMILES string of the molecule is NC(=O)c1cc(Cl)c(N)c(OC(F)(F)F)c1. The Morgan fingerprint density at radius 3 is 2.38 bits per heavy atom. The minimum Gasteiger partial charge on any atom is -0.403 e. The second kappa shape index (κ2) is 4.09. The normalized spacial score (nSPS) is 11.2. The van der Waals surface area contributed by atoms with E-state index in [4.69, 9.17) is 23.1 Å². The molecule has 0 bridgehead atoms. The van der Waals surface area contributed by atoms with Gasteiger partial charge in [-0.15, -0.1) is 13.2 Å². The topological polar surface area (TPSA) is 78.3 Å². The molecule has 16 heavy (non-hydrogen) atoms. The summed E-state index contributed by atoms with van der Waals surface area (Å²) in [5, 5.41) is -0.240. The number of hydrogen-bond acceptors (Lipinski definition) is 3. The van der Waals surface area contributed by atoms with E-state index in [0.29, 0.717) is 0 Å². The number of carbonyl (C=O) groups is 1. The van der Waals surface area contributed by atoms with Crippen molar-refractivity contribution in [2.75, 3.05) is 5.73 Å². The lowest BCUT2D eigenvalue weighted by Crippen LogP contribution is -2.19. The minimum atomic E-state index is -4.92. The molecule has 1 rings (SSSR count). The first-order chi connectivity index (χ1) is 7.20. The van der Waals surface area contributed by atoms with Gasteiger partial charge in [0.1, 0.15) is 0 Å². The van der Waals surface area contributed by atoms with Gasteiger partial charge < -0.3 is 16.2 Å². The summed E-state index contributed by atoms with van der Waals surface area (Å²) in [6.45, 7) is 0. The molecule has 0 aliphatic carbocycles. The molecule has 4 nitrogen and oxygen atoms in total. The van der Waals surface area contributed by atoms with E-state index in [2.05, 4.69) is 4.74 Å². The fraction of sp³-hybridized carbons (Fsp3) is 0.125. The highest BCUT2D eigenvalue weighted by molar-refractivity contribution is 6.33. The molecule has 0 aromatic heterocycles. The minimum absolute atomic E-state index is 0.224. The number of alkyl halides is 3. The van der Waals surface area contributed by atoms with Crippen LogP contribution in [0.3, 0.4) is 0 Å². The molecule has 0 saturated heterocycles. The highest BCUT2D eigenvalue weighted by atomic mass is 35.5. The standard InChI is InChI=1S/C8H6ClF3N2O2/c9-4-1-3(7(14)15)2-5(6(4)13)16-8(10,11)12/h1-2H,13H2,(H2,14,15). The van der Waals surface area contributed by atoms with Crippen LogP contribution in [0.2, 0.25) is 5.02 Å². The molecule has 0 aliphatic heterocycles. The van der Waals surface area contributed by atoms with Crippen LogP contribution < -0.4 is 16.2 Å². The van der Waals surface area contributed by atoms with Crippen LogP contribution >= 0.6 is 11.6 Å². The van der Waals surface area contributed by atoms with Crippen LogP contribution in [0.4, 0.5) is 18.9 Å². The Morgan fingerprint density at radius 2 is 1.94 bits per heavy atom. The molecule has 88 valence electrons. The number of carbonyl (C=O) groups excluding carboxylic acids is 1. The van der Waals surface area contributed by atoms with Crippen molar-refractivity contribution in [1.82, 2.24) is 0 Å². The highest BCUT2D eigenvalue weighted by Crippen LogP contribution is 2.34. The smallest absolute Gasteiger partial charge is 0.403 e. The highest BCUT2D eigenvalue weighted by Gasteiger charge is 2.32. The maximum absolute atomic E-state index is 11.9. The third kappa shape index (κ3) is 2.93. The average Bonchev–Trinajstić information content (AvgIpc) is 2.10. The largest absolute Gasteiger partial charge is 0.573 e. The van der Waals surface area contributed by atoms with E-state index in [1.807, 2.05) is 0 Å². The summed E-state index contributed by atoms with van der Waals surface area (Å²) < 4.78 is 39.4. The quantitative estimate of drug-likeness (QED) is 0.792. The van der Waals surface area contributed by atoms with Crippen LogP contribution in [0.5, 0.6) is 5.75 Å². The Hall–Kier alpha value is -1.63. The lowest BCUT2D eigenvalue weighted by molar-refractivity contribution is -0.274. The van der Waals surface area contributed by atoms with E-state index < -0.39 is 23.7 Å². The molecule has 0 aliphatic rings. The lowest BCUT2D eigenvalue weighted by atomic mass is 10.2. The number of nitrogens with two attached hydrogens (primary N) is 2. The Balaban J connectivity index is 3.22. The van der Waals surface area contributed by atoms with Crippen molar-refractivity contribution in [2.24, 2.45) is 5.73 Å². The summed E-state index contributed by atoms with van der Waals surface area (Å²) in [5.41, 5.74) is 9.50. The van der Waals surface area contributed by atoms with Gasteiger partial charge in [0, 0.05) is 5.56 Å². The number of nitrogen functional groups attached to an aromatic ring is 1. The van der Waals surface area contributed by atoms with Crippen LogP contribution in [-0.4, -0.2) is 12.3 Å². The predicted molar refractivity (Wildman–Crippen MR) is 51.1 cm³/mol. The van der Waals surface area contributed by atoms with Gasteiger partial charge in [-0.3, -0.25) is 4.79 Å². The summed E-state index contributed by atoms with van der Waals surface area (Å²) in [7, 11) is 0. The Bertz CT molecular complexity index is 434. The number of anilines is 1. The second-order valence-corrected chi connectivity index (χ2v) is 3.19. The van der Waals surface area contributed by atoms with E-state index in [-0.39, 0.29) is 10.6 Å². The fourth-order valence-electron chi connectivity index (χ4n) is 0.944. The number of hydrogen-bond donors (Lipinski definition) is 2. The molecule has 0 spiro atoms. The number of ether oxygens (including phenoxy) is 1. The monoisotopic (exact) mass is 254 g/mol. The van der Waals surface area contributed by atoms with Crippen LogP contribution in [0.15, 0.2) is 12.1 Å². The summed E-state index contributed by atoms with van der Waals surface area (Å²) in [4.78, 5) is 10.8. The molecule has 0 atom stereocenters. The molecule has 1 aromatic rings. The van der Waals surface area contributed by atoms with Crippen LogP contribution in [-0.2, 0) is 0 Å². The average molecular weight is 255 g/mol. The Labute approximate surface area is 92.9 Å². The number of benzene rings is 1. The van der Waals surface area contributed by atoms with E-state index in [1.54, 1.807) is 0 Å². The molecular formula is C8H6ClF3N2O2. The van der Waals surface area contributed by atoms with Crippen molar-refractivity contribution in [3.05, 3.63) is 22.7 Å². The van der Waals surface area contributed by atoms with Crippen LogP contribution in [0.1, 0.15) is 10.4 Å². The molecule has 0 heterocycles. The summed E-state index contributed by atoms with van der Waals surface area (Å²) in [6, 6.07) is 1.83. The van der Waals surface area contributed by atoms with Gasteiger partial charge in [0.25, 0.3) is 0 Å². The van der Waals surface area contributed by atoms with Gasteiger partial charge in [0.15, 0.2) is 5.75 Å². The van der Waals surface area contributed by atoms with Crippen LogP contribution in [0, 0.1) is 0 Å². The van der Waals surface area contributed by atoms with Crippen molar-refractivity contribution in [3.8, 4) is 5.75 Å². The van der Waals surface area contributed by atoms with Crippen molar-refractivity contribution in [3.63, 3.8) is 0 Å². The van der Waals surface area contributed by atoms with Crippen LogP contribution in [0.25, 0.3) is 0 Å². The Morgan fingerprint density at radius 1 is 1.38 bits per heavy atom. The maximum atomic E-state index is 11.9. The molecule has 1 amide bonds. The van der Waals surface area contributed by atoms with Gasteiger partial charge in [-0.2, -0.15) is 0 Å². The first-order valence-electron chi connectivity index (χ1n) is 3.85. The number of halogens is 4. The second-order valence-electron chi connectivity index (χ2n) is 2.78. The van der Waals surface area contributed by atoms with Gasteiger partial charge in [0.05, 0.1) is 10.7 Å². The van der Waals surface area contributed by atoms with Crippen molar-refractivity contribution in [1.29, 1.82) is 0 Å². The number of rotatable bonds is 2. The van der Waals surface area contributed by atoms with Crippen molar-refractivity contribution in [2.45, 2.75) is 6.36 Å². The van der Waals surface area contributed by atoms with Gasteiger partial charge in [-0.05, 0) is 12.1 Å². The summed E-state index contributed by atoms with van der Waals surface area (Å²) in [6.07, 6.45) is -4.92. The van der Waals surface area contributed by atoms with Gasteiger partial charge in [0.2, 0.25) is 5.91 Å². The third-order valence-electron chi connectivity index (χ3n) is 1.60. The zero-order chi connectivity index (χ0) is 12.5. The maximum Gasteiger partial charge on any atom is 0.573 e. The van der Waals surface area contributed by atoms with Gasteiger partial charge >= 0.3 is 6.36 Å². The number of amides is 1. The van der Waals surface area contributed by atoms with Crippen molar-refractivity contribution >= 4 is 23.2 Å². The Kier molecular flexibility index (Phi) is 3.18. The molecule has 8 heteroatoms. The fourth-order valence-corrected chi connectivity index (χ4v) is 1.15. The van der Waals surface area contributed by atoms with E-state index >= 15 is 0 Å². The molecule has 0 saturated carbocycles. The molecule has 0 unspecified atom stereocenters. The lowest BCUT2D eigenvalue weighted by Gasteiger charge is -2.12. The molecule has 0 radical (unpaired) electrons. The number of primary amides is 1. The van der Waals surface area contributed by atoms with E-state index in [1.165, 1.54) is 0 Å². The van der Waals surface area contributed by atoms with E-state index in [9.17, 15) is 18.0 Å². The molecular weight excluding hydrogens is 249 g/mol. The third-order valence-corrected chi connectivity index (χ3v) is 1.91. The van der Waals surface area contributed by atoms with Gasteiger partial charge in [-0.1, -0.05) is 11.6 Å².